The average Bonchev–Trinajstić information content (AvgIpc) is 2.72. The quantitative estimate of drug-likeness (QED) is 0.629. The predicted molar refractivity (Wildman–Crippen MR) is 69.6 cm³/mol. The van der Waals surface area contributed by atoms with Gasteiger partial charge in [0.15, 0.2) is 0 Å². The summed E-state index contributed by atoms with van der Waals surface area (Å²) >= 11 is 0. The van der Waals surface area contributed by atoms with Gasteiger partial charge in [-0.2, -0.15) is 0 Å². The molecule has 1 aliphatic heterocycles. The Morgan fingerprint density at radius 2 is 2.40 bits per heavy atom. The molecular weight excluding hydrogens is 266 g/mol. The van der Waals surface area contributed by atoms with Crippen LogP contribution in [-0.4, -0.2) is 40.2 Å². The fourth-order valence-corrected chi connectivity index (χ4v) is 2.08. The van der Waals surface area contributed by atoms with Gasteiger partial charge < -0.3 is 15.2 Å². The van der Waals surface area contributed by atoms with Crippen molar-refractivity contribution in [3.05, 3.63) is 27.9 Å². The van der Waals surface area contributed by atoms with Crippen LogP contribution in [0, 0.1) is 22.5 Å². The normalized spacial score (nSPS) is 25.4. The maximum atomic E-state index is 11.3. The van der Waals surface area contributed by atoms with Crippen molar-refractivity contribution < 1.29 is 19.6 Å². The number of nitrogens with one attached hydrogen (secondary N) is 1. The van der Waals surface area contributed by atoms with Crippen molar-refractivity contribution in [2.45, 2.75) is 19.9 Å². The average molecular weight is 281 g/mol. The Morgan fingerprint density at radius 3 is 2.95 bits per heavy atom. The Labute approximate surface area is 114 Å². The highest BCUT2D eigenvalue weighted by Gasteiger charge is 2.46. The van der Waals surface area contributed by atoms with Gasteiger partial charge in [0, 0.05) is 5.56 Å². The SMILES string of the molecule is Cc1cc(NC2COCC2(C)C(=O)O)ncc1[N+](=O)[O-]. The number of nitrogens with zero attached hydrogens (tertiary/aromatic N) is 2. The van der Waals surface area contributed by atoms with E-state index in [1.54, 1.807) is 13.8 Å². The molecule has 0 saturated carbocycles. The third-order valence-corrected chi connectivity index (χ3v) is 3.55. The van der Waals surface area contributed by atoms with Crippen LogP contribution in [0.5, 0.6) is 0 Å². The summed E-state index contributed by atoms with van der Waals surface area (Å²) in [5, 5.41) is 23.0. The highest BCUT2D eigenvalue weighted by Crippen LogP contribution is 2.31. The van der Waals surface area contributed by atoms with Crippen molar-refractivity contribution in [1.29, 1.82) is 0 Å². The first-order valence-corrected chi connectivity index (χ1v) is 6.03. The molecule has 1 aromatic heterocycles. The number of aromatic nitrogens is 1. The van der Waals surface area contributed by atoms with Crippen molar-refractivity contribution >= 4 is 17.5 Å². The molecule has 20 heavy (non-hydrogen) atoms. The number of rotatable bonds is 4. The number of carboxylic acids is 1. The number of ether oxygens (including phenoxy) is 1. The molecule has 108 valence electrons. The third kappa shape index (κ3) is 2.42. The third-order valence-electron chi connectivity index (χ3n) is 3.55. The van der Waals surface area contributed by atoms with E-state index in [2.05, 4.69) is 10.3 Å². The number of aryl methyl sites for hydroxylation is 1. The molecule has 1 aliphatic rings. The molecular formula is C12H15N3O5. The van der Waals surface area contributed by atoms with Gasteiger partial charge in [0.05, 0.1) is 24.2 Å². The van der Waals surface area contributed by atoms with E-state index < -0.39 is 22.3 Å². The zero-order chi connectivity index (χ0) is 14.9. The van der Waals surface area contributed by atoms with Crippen LogP contribution >= 0.6 is 0 Å². The standard InChI is InChI=1S/C12H15N3O5/c1-7-3-10(13-4-8(7)15(18)19)14-9-5-20-6-12(9,2)11(16)17/h3-4,9H,5-6H2,1-2H3,(H,13,14)(H,16,17). The molecule has 1 fully saturated rings. The maximum absolute atomic E-state index is 11.3. The number of pyridine rings is 1. The fourth-order valence-electron chi connectivity index (χ4n) is 2.08. The molecule has 8 heteroatoms. The van der Waals surface area contributed by atoms with Gasteiger partial charge in [0.2, 0.25) is 0 Å². The number of aliphatic carboxylic acids is 1. The lowest BCUT2D eigenvalue weighted by Crippen LogP contribution is -2.43. The molecule has 0 spiro atoms. The second-order valence-electron chi connectivity index (χ2n) is 5.05. The second-order valence-corrected chi connectivity index (χ2v) is 5.05. The smallest absolute Gasteiger partial charge is 0.313 e. The number of anilines is 1. The lowest BCUT2D eigenvalue weighted by atomic mass is 9.85. The minimum atomic E-state index is -1.04. The molecule has 0 aromatic carbocycles. The Hall–Kier alpha value is -2.22. The van der Waals surface area contributed by atoms with E-state index in [0.717, 1.165) is 6.20 Å². The van der Waals surface area contributed by atoms with Gasteiger partial charge in [-0.3, -0.25) is 14.9 Å². The summed E-state index contributed by atoms with van der Waals surface area (Å²) in [4.78, 5) is 25.5. The molecule has 2 rings (SSSR count). The molecule has 0 radical (unpaired) electrons. The van der Waals surface area contributed by atoms with E-state index in [0.29, 0.717) is 11.4 Å². The van der Waals surface area contributed by atoms with E-state index in [9.17, 15) is 20.0 Å². The summed E-state index contributed by atoms with van der Waals surface area (Å²) in [7, 11) is 0. The summed E-state index contributed by atoms with van der Waals surface area (Å²) < 4.78 is 5.22. The zero-order valence-corrected chi connectivity index (χ0v) is 11.1. The molecule has 1 aromatic rings. The van der Waals surface area contributed by atoms with Gasteiger partial charge in [-0.05, 0) is 19.9 Å². The van der Waals surface area contributed by atoms with Gasteiger partial charge in [-0.1, -0.05) is 0 Å². The summed E-state index contributed by atoms with van der Waals surface area (Å²) in [6.45, 7) is 3.57. The van der Waals surface area contributed by atoms with E-state index in [1.165, 1.54) is 6.07 Å². The van der Waals surface area contributed by atoms with Crippen molar-refractivity contribution in [3.8, 4) is 0 Å². The molecule has 0 bridgehead atoms. The monoisotopic (exact) mass is 281 g/mol. The van der Waals surface area contributed by atoms with E-state index >= 15 is 0 Å². The Kier molecular flexibility index (Phi) is 3.58. The lowest BCUT2D eigenvalue weighted by Gasteiger charge is -2.25. The van der Waals surface area contributed by atoms with Crippen molar-refractivity contribution in [2.24, 2.45) is 5.41 Å². The molecule has 0 amide bonds. The summed E-state index contributed by atoms with van der Waals surface area (Å²) in [5.41, 5.74) is -0.653. The zero-order valence-electron chi connectivity index (χ0n) is 11.1. The molecule has 2 unspecified atom stereocenters. The highest BCUT2D eigenvalue weighted by molar-refractivity contribution is 5.76. The molecule has 0 aliphatic carbocycles. The van der Waals surface area contributed by atoms with Gasteiger partial charge in [-0.15, -0.1) is 0 Å². The van der Waals surface area contributed by atoms with Crippen LogP contribution in [0.3, 0.4) is 0 Å². The summed E-state index contributed by atoms with van der Waals surface area (Å²) in [6.07, 6.45) is 1.16. The largest absolute Gasteiger partial charge is 0.481 e. The topological polar surface area (TPSA) is 115 Å². The summed E-state index contributed by atoms with van der Waals surface area (Å²) in [6, 6.07) is 1.09. The predicted octanol–water partition coefficient (Wildman–Crippen LogP) is 1.20. The van der Waals surface area contributed by atoms with Crippen LogP contribution in [0.15, 0.2) is 12.3 Å². The van der Waals surface area contributed by atoms with Crippen LogP contribution in [0.1, 0.15) is 12.5 Å². The minimum absolute atomic E-state index is 0.0702. The Morgan fingerprint density at radius 1 is 1.70 bits per heavy atom. The second kappa shape index (κ2) is 5.04. The Balaban J connectivity index is 2.20. The summed E-state index contributed by atoms with van der Waals surface area (Å²) in [5.74, 6) is -0.554. The molecule has 2 heterocycles. The molecule has 2 N–H and O–H groups in total. The van der Waals surface area contributed by atoms with Crippen LogP contribution < -0.4 is 5.32 Å². The number of hydrogen-bond acceptors (Lipinski definition) is 6. The fraction of sp³-hybridized carbons (Fsp3) is 0.500. The molecule has 1 saturated heterocycles. The number of carboxylic acid groups (broad SMARTS) is 1. The van der Waals surface area contributed by atoms with Gasteiger partial charge in [0.1, 0.15) is 17.4 Å². The Bertz CT molecular complexity index is 562. The van der Waals surface area contributed by atoms with E-state index in [-0.39, 0.29) is 18.9 Å². The molecule has 8 nitrogen and oxygen atoms in total. The van der Waals surface area contributed by atoms with Crippen molar-refractivity contribution in [3.63, 3.8) is 0 Å². The lowest BCUT2D eigenvalue weighted by molar-refractivity contribution is -0.385. The van der Waals surface area contributed by atoms with Crippen molar-refractivity contribution in [1.82, 2.24) is 4.98 Å². The van der Waals surface area contributed by atoms with Crippen LogP contribution in [0.2, 0.25) is 0 Å². The van der Waals surface area contributed by atoms with E-state index in [4.69, 9.17) is 4.74 Å². The first kappa shape index (κ1) is 14.2. The van der Waals surface area contributed by atoms with Gasteiger partial charge >= 0.3 is 5.97 Å². The van der Waals surface area contributed by atoms with Gasteiger partial charge in [-0.25, -0.2) is 4.98 Å². The van der Waals surface area contributed by atoms with Crippen LogP contribution in [0.25, 0.3) is 0 Å². The number of carbonyl (C=O) groups is 1. The van der Waals surface area contributed by atoms with Crippen LogP contribution in [-0.2, 0) is 9.53 Å². The first-order valence-electron chi connectivity index (χ1n) is 6.03. The number of hydrogen-bond donors (Lipinski definition) is 2. The molecule has 2 atom stereocenters. The first-order chi connectivity index (χ1) is 9.34. The maximum Gasteiger partial charge on any atom is 0.313 e. The van der Waals surface area contributed by atoms with E-state index in [1.807, 2.05) is 0 Å². The number of nitro groups is 1. The van der Waals surface area contributed by atoms with Gasteiger partial charge in [0.25, 0.3) is 5.69 Å². The highest BCUT2D eigenvalue weighted by atomic mass is 16.6. The van der Waals surface area contributed by atoms with Crippen molar-refractivity contribution in [2.75, 3.05) is 18.5 Å². The van der Waals surface area contributed by atoms with Crippen LogP contribution in [0.4, 0.5) is 11.5 Å². The minimum Gasteiger partial charge on any atom is -0.481 e.